The van der Waals surface area contributed by atoms with Crippen LogP contribution in [0.15, 0.2) is 18.3 Å². The van der Waals surface area contributed by atoms with Crippen LogP contribution < -0.4 is 5.32 Å². The van der Waals surface area contributed by atoms with Crippen molar-refractivity contribution in [3.63, 3.8) is 0 Å². The SMILES string of the molecule is COC(=O)c1cc(NCC(O)C(F)(F)F)ccn1. The number of nitrogens with one attached hydrogen (secondary N) is 1. The molecule has 0 fully saturated rings. The highest BCUT2D eigenvalue weighted by atomic mass is 19.4. The van der Waals surface area contributed by atoms with Crippen LogP contribution in [0.25, 0.3) is 0 Å². The second kappa shape index (κ2) is 5.67. The molecule has 0 aromatic carbocycles. The van der Waals surface area contributed by atoms with E-state index in [1.165, 1.54) is 18.3 Å². The van der Waals surface area contributed by atoms with E-state index in [0.717, 1.165) is 7.11 Å². The van der Waals surface area contributed by atoms with Gasteiger partial charge in [0.1, 0.15) is 5.69 Å². The number of nitrogens with zero attached hydrogens (tertiary/aromatic N) is 1. The van der Waals surface area contributed by atoms with Crippen LogP contribution in [0.3, 0.4) is 0 Å². The molecule has 100 valence electrons. The fraction of sp³-hybridized carbons (Fsp3) is 0.400. The number of carbonyl (C=O) groups is 1. The summed E-state index contributed by atoms with van der Waals surface area (Å²) in [6.45, 7) is -0.714. The maximum atomic E-state index is 12.0. The van der Waals surface area contributed by atoms with Crippen molar-refractivity contribution in [1.82, 2.24) is 4.98 Å². The summed E-state index contributed by atoms with van der Waals surface area (Å²) >= 11 is 0. The molecule has 1 heterocycles. The molecule has 0 spiro atoms. The molecule has 0 aliphatic heterocycles. The van der Waals surface area contributed by atoms with Crippen LogP contribution in [0, 0.1) is 0 Å². The number of ether oxygens (including phenoxy) is 1. The van der Waals surface area contributed by atoms with Gasteiger partial charge in [0.15, 0.2) is 6.10 Å². The topological polar surface area (TPSA) is 71.5 Å². The van der Waals surface area contributed by atoms with Gasteiger partial charge in [0.2, 0.25) is 0 Å². The Morgan fingerprint density at radius 3 is 2.83 bits per heavy atom. The molecule has 1 aromatic rings. The van der Waals surface area contributed by atoms with Crippen molar-refractivity contribution in [2.75, 3.05) is 19.0 Å². The average Bonchev–Trinajstić information content (AvgIpc) is 2.34. The lowest BCUT2D eigenvalue weighted by molar-refractivity contribution is -0.198. The van der Waals surface area contributed by atoms with E-state index in [9.17, 15) is 18.0 Å². The molecule has 0 amide bonds. The van der Waals surface area contributed by atoms with Gasteiger partial charge in [-0.25, -0.2) is 9.78 Å². The number of aromatic nitrogens is 1. The molecule has 2 N–H and O–H groups in total. The molecule has 1 rings (SSSR count). The standard InChI is InChI=1S/C10H11F3N2O3/c1-18-9(17)7-4-6(2-3-14-7)15-5-8(16)10(11,12)13/h2-4,8,16H,5H2,1H3,(H,14,15). The molecular weight excluding hydrogens is 253 g/mol. The molecular formula is C10H11F3N2O3. The van der Waals surface area contributed by atoms with Crippen LogP contribution in [-0.4, -0.2) is 42.0 Å². The molecule has 0 bridgehead atoms. The first kappa shape index (κ1) is 14.2. The van der Waals surface area contributed by atoms with E-state index in [4.69, 9.17) is 5.11 Å². The predicted molar refractivity (Wildman–Crippen MR) is 56.1 cm³/mol. The number of esters is 1. The largest absolute Gasteiger partial charge is 0.464 e. The minimum atomic E-state index is -4.69. The van der Waals surface area contributed by atoms with E-state index in [1.54, 1.807) is 0 Å². The normalized spacial score (nSPS) is 12.9. The number of hydrogen-bond donors (Lipinski definition) is 2. The van der Waals surface area contributed by atoms with Crippen LogP contribution in [0.1, 0.15) is 10.5 Å². The third kappa shape index (κ3) is 3.88. The third-order valence-corrected chi connectivity index (χ3v) is 2.03. The first-order chi connectivity index (χ1) is 8.34. The molecule has 0 aliphatic carbocycles. The number of methoxy groups -OCH3 is 1. The van der Waals surface area contributed by atoms with E-state index < -0.39 is 24.8 Å². The van der Waals surface area contributed by atoms with Crippen LogP contribution in [0.2, 0.25) is 0 Å². The molecule has 18 heavy (non-hydrogen) atoms. The maximum Gasteiger partial charge on any atom is 0.416 e. The van der Waals surface area contributed by atoms with Gasteiger partial charge < -0.3 is 15.2 Å². The molecule has 0 saturated heterocycles. The summed E-state index contributed by atoms with van der Waals surface area (Å²) in [5, 5.41) is 11.1. The molecule has 8 heteroatoms. The number of hydrogen-bond acceptors (Lipinski definition) is 5. The van der Waals surface area contributed by atoms with Crippen molar-refractivity contribution < 1.29 is 27.8 Å². The highest BCUT2D eigenvalue weighted by Gasteiger charge is 2.37. The minimum Gasteiger partial charge on any atom is -0.464 e. The summed E-state index contributed by atoms with van der Waals surface area (Å²) in [4.78, 5) is 14.8. The van der Waals surface area contributed by atoms with Gasteiger partial charge in [0.25, 0.3) is 0 Å². The first-order valence-electron chi connectivity index (χ1n) is 4.87. The van der Waals surface area contributed by atoms with Crippen molar-refractivity contribution in [2.24, 2.45) is 0 Å². The van der Waals surface area contributed by atoms with Crippen molar-refractivity contribution >= 4 is 11.7 Å². The van der Waals surface area contributed by atoms with Crippen LogP contribution >= 0.6 is 0 Å². The molecule has 1 atom stereocenters. The number of pyridine rings is 1. The van der Waals surface area contributed by atoms with Gasteiger partial charge >= 0.3 is 12.1 Å². The highest BCUT2D eigenvalue weighted by molar-refractivity contribution is 5.88. The fourth-order valence-corrected chi connectivity index (χ4v) is 1.09. The maximum absolute atomic E-state index is 12.0. The first-order valence-corrected chi connectivity index (χ1v) is 4.87. The molecule has 0 radical (unpaired) electrons. The predicted octanol–water partition coefficient (Wildman–Crippen LogP) is 1.20. The number of halogens is 3. The van der Waals surface area contributed by atoms with Crippen LogP contribution in [0.5, 0.6) is 0 Å². The van der Waals surface area contributed by atoms with E-state index in [1.807, 2.05) is 0 Å². The smallest absolute Gasteiger partial charge is 0.416 e. The average molecular weight is 264 g/mol. The zero-order valence-corrected chi connectivity index (χ0v) is 9.36. The number of alkyl halides is 3. The lowest BCUT2D eigenvalue weighted by Gasteiger charge is -2.15. The second-order valence-electron chi connectivity index (χ2n) is 3.36. The molecule has 5 nitrogen and oxygen atoms in total. The number of anilines is 1. The van der Waals surface area contributed by atoms with Gasteiger partial charge in [-0.1, -0.05) is 0 Å². The van der Waals surface area contributed by atoms with E-state index in [0.29, 0.717) is 0 Å². The highest BCUT2D eigenvalue weighted by Crippen LogP contribution is 2.20. The number of aliphatic hydroxyl groups excluding tert-OH is 1. The van der Waals surface area contributed by atoms with Crippen LogP contribution in [-0.2, 0) is 4.74 Å². The Balaban J connectivity index is 2.66. The quantitative estimate of drug-likeness (QED) is 0.800. The minimum absolute atomic E-state index is 0.0380. The Hall–Kier alpha value is -1.83. The zero-order chi connectivity index (χ0) is 13.8. The summed E-state index contributed by atoms with van der Waals surface area (Å²) < 4.78 is 40.5. The third-order valence-electron chi connectivity index (χ3n) is 2.03. The Bertz CT molecular complexity index is 423. The fourth-order valence-electron chi connectivity index (χ4n) is 1.09. The molecule has 0 saturated carbocycles. The summed E-state index contributed by atoms with van der Waals surface area (Å²) in [5.74, 6) is -0.699. The molecule has 0 aliphatic rings. The Labute approximate surface area is 101 Å². The Kier molecular flexibility index (Phi) is 4.49. The van der Waals surface area contributed by atoms with Gasteiger partial charge in [0, 0.05) is 18.4 Å². The van der Waals surface area contributed by atoms with Gasteiger partial charge in [-0.3, -0.25) is 0 Å². The Morgan fingerprint density at radius 2 is 2.28 bits per heavy atom. The molecule has 1 unspecified atom stereocenters. The van der Waals surface area contributed by atoms with E-state index >= 15 is 0 Å². The van der Waals surface area contributed by atoms with Gasteiger partial charge in [0.05, 0.1) is 7.11 Å². The van der Waals surface area contributed by atoms with Crippen molar-refractivity contribution in [3.8, 4) is 0 Å². The van der Waals surface area contributed by atoms with E-state index in [2.05, 4.69) is 15.0 Å². The lowest BCUT2D eigenvalue weighted by Crippen LogP contribution is -2.35. The van der Waals surface area contributed by atoms with Gasteiger partial charge in [-0.15, -0.1) is 0 Å². The van der Waals surface area contributed by atoms with Crippen molar-refractivity contribution in [1.29, 1.82) is 0 Å². The van der Waals surface area contributed by atoms with Crippen LogP contribution in [0.4, 0.5) is 18.9 Å². The summed E-state index contributed by atoms with van der Waals surface area (Å²) in [6, 6.07) is 2.60. The number of carbonyl (C=O) groups excluding carboxylic acids is 1. The summed E-state index contributed by atoms with van der Waals surface area (Å²) in [7, 11) is 1.16. The lowest BCUT2D eigenvalue weighted by atomic mass is 10.3. The second-order valence-corrected chi connectivity index (χ2v) is 3.36. The van der Waals surface area contributed by atoms with Gasteiger partial charge in [-0.2, -0.15) is 13.2 Å². The van der Waals surface area contributed by atoms with Crippen molar-refractivity contribution in [2.45, 2.75) is 12.3 Å². The number of rotatable bonds is 4. The zero-order valence-electron chi connectivity index (χ0n) is 9.36. The summed E-state index contributed by atoms with van der Waals surface area (Å²) in [6.07, 6.45) is -5.92. The van der Waals surface area contributed by atoms with Gasteiger partial charge in [-0.05, 0) is 12.1 Å². The summed E-state index contributed by atoms with van der Waals surface area (Å²) in [5.41, 5.74) is 0.192. The van der Waals surface area contributed by atoms with Crippen molar-refractivity contribution in [3.05, 3.63) is 24.0 Å². The molecule has 1 aromatic heterocycles. The van der Waals surface area contributed by atoms with E-state index in [-0.39, 0.29) is 11.4 Å². The monoisotopic (exact) mass is 264 g/mol. The Morgan fingerprint density at radius 1 is 1.61 bits per heavy atom. The number of aliphatic hydroxyl groups is 1.